The first-order valence-electron chi connectivity index (χ1n) is 4.54. The maximum absolute atomic E-state index is 10.4. The molecule has 0 saturated heterocycles. The molecule has 0 heterocycles. The lowest BCUT2D eigenvalue weighted by Gasteiger charge is -2.05. The molecular formula is C10H13N3O2. The second-order valence-electron chi connectivity index (χ2n) is 2.71. The van der Waals surface area contributed by atoms with Gasteiger partial charge in [-0.3, -0.25) is 0 Å². The first-order chi connectivity index (χ1) is 7.24. The van der Waals surface area contributed by atoms with Crippen LogP contribution >= 0.6 is 0 Å². The third-order valence-electron chi connectivity index (χ3n) is 1.60. The molecule has 0 spiro atoms. The van der Waals surface area contributed by atoms with Crippen LogP contribution in [0.1, 0.15) is 12.5 Å². The fraction of sp³-hybridized carbons (Fsp3) is 0.200. The second kappa shape index (κ2) is 5.64. The molecule has 0 radical (unpaired) electrons. The minimum atomic E-state index is -0.694. The molecule has 0 aliphatic carbocycles. The Balaban J connectivity index is 2.74. The summed E-state index contributed by atoms with van der Waals surface area (Å²) in [4.78, 5) is 10.4. The van der Waals surface area contributed by atoms with E-state index in [0.29, 0.717) is 6.61 Å². The van der Waals surface area contributed by atoms with Crippen molar-refractivity contribution in [1.82, 2.24) is 5.43 Å². The van der Waals surface area contributed by atoms with Gasteiger partial charge in [-0.25, -0.2) is 10.2 Å². The standard InChI is InChI=1S/C10H13N3O2/c1-2-15-9-6-4-3-5-8(9)7-12-13-10(11)14/h3-7H,2H2,1H3,(H3,11,13,14)/b12-7+. The highest BCUT2D eigenvalue weighted by atomic mass is 16.5. The molecule has 0 aromatic heterocycles. The molecule has 0 aliphatic rings. The van der Waals surface area contributed by atoms with Crippen LogP contribution in [0.2, 0.25) is 0 Å². The van der Waals surface area contributed by atoms with Crippen LogP contribution < -0.4 is 15.9 Å². The number of nitrogens with one attached hydrogen (secondary N) is 1. The maximum Gasteiger partial charge on any atom is 0.332 e. The summed E-state index contributed by atoms with van der Waals surface area (Å²) in [6.45, 7) is 2.48. The number of primary amides is 1. The number of para-hydroxylation sites is 1. The van der Waals surface area contributed by atoms with Crippen LogP contribution in [0.15, 0.2) is 29.4 Å². The van der Waals surface area contributed by atoms with Gasteiger partial charge in [0.25, 0.3) is 0 Å². The van der Waals surface area contributed by atoms with E-state index in [1.54, 1.807) is 0 Å². The zero-order chi connectivity index (χ0) is 11.1. The highest BCUT2D eigenvalue weighted by Crippen LogP contribution is 2.15. The summed E-state index contributed by atoms with van der Waals surface area (Å²) in [6, 6.07) is 6.68. The number of urea groups is 1. The Bertz CT molecular complexity index is 363. The Kier molecular flexibility index (Phi) is 4.15. The molecule has 1 aromatic rings. The van der Waals surface area contributed by atoms with Gasteiger partial charge in [-0.15, -0.1) is 0 Å². The van der Waals surface area contributed by atoms with Gasteiger partial charge < -0.3 is 10.5 Å². The number of hydrogen-bond acceptors (Lipinski definition) is 3. The van der Waals surface area contributed by atoms with Crippen LogP contribution in [0.5, 0.6) is 5.75 Å². The largest absolute Gasteiger partial charge is 0.493 e. The summed E-state index contributed by atoms with van der Waals surface area (Å²) in [5, 5.41) is 3.65. The average Bonchev–Trinajstić information content (AvgIpc) is 2.20. The number of benzene rings is 1. The van der Waals surface area contributed by atoms with Crippen LogP contribution in [0.25, 0.3) is 0 Å². The van der Waals surface area contributed by atoms with Crippen molar-refractivity contribution >= 4 is 12.2 Å². The monoisotopic (exact) mass is 207 g/mol. The number of nitrogens with zero attached hydrogens (tertiary/aromatic N) is 1. The Morgan fingerprint density at radius 1 is 1.60 bits per heavy atom. The third kappa shape index (κ3) is 3.68. The summed E-state index contributed by atoms with van der Waals surface area (Å²) < 4.78 is 5.36. The Labute approximate surface area is 87.9 Å². The minimum Gasteiger partial charge on any atom is -0.493 e. The molecule has 0 unspecified atom stereocenters. The van der Waals surface area contributed by atoms with E-state index in [9.17, 15) is 4.79 Å². The number of nitrogens with two attached hydrogens (primary N) is 1. The molecular weight excluding hydrogens is 194 g/mol. The number of rotatable bonds is 4. The van der Waals surface area contributed by atoms with Gasteiger partial charge in [-0.2, -0.15) is 5.10 Å². The fourth-order valence-corrected chi connectivity index (χ4v) is 1.04. The first kappa shape index (κ1) is 11.0. The predicted octanol–water partition coefficient (Wildman–Crippen LogP) is 1.09. The molecule has 5 heteroatoms. The zero-order valence-electron chi connectivity index (χ0n) is 8.43. The number of amides is 2. The summed E-state index contributed by atoms with van der Waals surface area (Å²) >= 11 is 0. The molecule has 15 heavy (non-hydrogen) atoms. The smallest absolute Gasteiger partial charge is 0.332 e. The number of hydrogen-bond donors (Lipinski definition) is 2. The first-order valence-corrected chi connectivity index (χ1v) is 4.54. The summed E-state index contributed by atoms with van der Waals surface area (Å²) in [6.07, 6.45) is 1.48. The quantitative estimate of drug-likeness (QED) is 0.572. The fourth-order valence-electron chi connectivity index (χ4n) is 1.04. The van der Waals surface area contributed by atoms with E-state index in [-0.39, 0.29) is 0 Å². The number of carbonyl (C=O) groups excluding carboxylic acids is 1. The van der Waals surface area contributed by atoms with Crippen molar-refractivity contribution in [2.45, 2.75) is 6.92 Å². The van der Waals surface area contributed by atoms with Gasteiger partial charge in [0.15, 0.2) is 0 Å². The van der Waals surface area contributed by atoms with Crippen LogP contribution in [0, 0.1) is 0 Å². The number of hydrazone groups is 1. The van der Waals surface area contributed by atoms with Crippen molar-refractivity contribution in [3.63, 3.8) is 0 Å². The van der Waals surface area contributed by atoms with E-state index < -0.39 is 6.03 Å². The minimum absolute atomic E-state index is 0.577. The summed E-state index contributed by atoms with van der Waals surface area (Å²) in [7, 11) is 0. The van der Waals surface area contributed by atoms with Crippen LogP contribution in [0.3, 0.4) is 0 Å². The van der Waals surface area contributed by atoms with Crippen LogP contribution in [-0.2, 0) is 0 Å². The van der Waals surface area contributed by atoms with E-state index >= 15 is 0 Å². The Morgan fingerprint density at radius 2 is 2.33 bits per heavy atom. The van der Waals surface area contributed by atoms with Gasteiger partial charge >= 0.3 is 6.03 Å². The van der Waals surface area contributed by atoms with E-state index in [4.69, 9.17) is 10.5 Å². The molecule has 0 bridgehead atoms. The van der Waals surface area contributed by atoms with E-state index in [1.165, 1.54) is 6.21 Å². The Morgan fingerprint density at radius 3 is 3.00 bits per heavy atom. The SMILES string of the molecule is CCOc1ccccc1/C=N/NC(N)=O. The van der Waals surface area contributed by atoms with Gasteiger partial charge in [0.1, 0.15) is 5.75 Å². The summed E-state index contributed by atoms with van der Waals surface area (Å²) in [5.74, 6) is 0.718. The van der Waals surface area contributed by atoms with E-state index in [2.05, 4.69) is 10.5 Å². The maximum atomic E-state index is 10.4. The average molecular weight is 207 g/mol. The van der Waals surface area contributed by atoms with Crippen LogP contribution in [0.4, 0.5) is 4.79 Å². The van der Waals surface area contributed by atoms with Crippen molar-refractivity contribution in [3.8, 4) is 5.75 Å². The molecule has 1 rings (SSSR count). The highest BCUT2D eigenvalue weighted by Gasteiger charge is 1.98. The zero-order valence-corrected chi connectivity index (χ0v) is 8.43. The highest BCUT2D eigenvalue weighted by molar-refractivity contribution is 5.84. The third-order valence-corrected chi connectivity index (χ3v) is 1.60. The number of carbonyl (C=O) groups is 1. The van der Waals surface area contributed by atoms with E-state index in [0.717, 1.165) is 11.3 Å². The lowest BCUT2D eigenvalue weighted by atomic mass is 10.2. The van der Waals surface area contributed by atoms with Crippen molar-refractivity contribution in [3.05, 3.63) is 29.8 Å². The van der Waals surface area contributed by atoms with Crippen molar-refractivity contribution in [2.75, 3.05) is 6.61 Å². The van der Waals surface area contributed by atoms with Gasteiger partial charge in [-0.1, -0.05) is 12.1 Å². The van der Waals surface area contributed by atoms with E-state index in [1.807, 2.05) is 31.2 Å². The van der Waals surface area contributed by atoms with Gasteiger partial charge in [0.2, 0.25) is 0 Å². The normalized spacial score (nSPS) is 10.2. The van der Waals surface area contributed by atoms with Gasteiger partial charge in [0, 0.05) is 5.56 Å². The van der Waals surface area contributed by atoms with Gasteiger partial charge in [0.05, 0.1) is 12.8 Å². The number of ether oxygens (including phenoxy) is 1. The lowest BCUT2D eigenvalue weighted by molar-refractivity contribution is 0.249. The molecule has 1 aromatic carbocycles. The molecule has 3 N–H and O–H groups in total. The van der Waals surface area contributed by atoms with Crippen molar-refractivity contribution in [1.29, 1.82) is 0 Å². The summed E-state index contributed by atoms with van der Waals surface area (Å²) in [5.41, 5.74) is 7.76. The lowest BCUT2D eigenvalue weighted by Crippen LogP contribution is -2.24. The molecule has 2 amide bonds. The van der Waals surface area contributed by atoms with Crippen LogP contribution in [-0.4, -0.2) is 18.9 Å². The second-order valence-corrected chi connectivity index (χ2v) is 2.71. The van der Waals surface area contributed by atoms with Crippen molar-refractivity contribution < 1.29 is 9.53 Å². The Hall–Kier alpha value is -2.04. The van der Waals surface area contributed by atoms with Crippen molar-refractivity contribution in [2.24, 2.45) is 10.8 Å². The molecule has 0 atom stereocenters. The topological polar surface area (TPSA) is 76.7 Å². The molecule has 0 aliphatic heterocycles. The molecule has 0 saturated carbocycles. The van der Waals surface area contributed by atoms with Gasteiger partial charge in [-0.05, 0) is 19.1 Å². The predicted molar refractivity (Wildman–Crippen MR) is 57.9 cm³/mol. The molecule has 5 nitrogen and oxygen atoms in total. The molecule has 0 fully saturated rings. The molecule has 80 valence electrons.